The molecule has 0 unspecified atom stereocenters. The lowest BCUT2D eigenvalue weighted by Gasteiger charge is -2.09. The summed E-state index contributed by atoms with van der Waals surface area (Å²) in [7, 11) is 0. The zero-order chi connectivity index (χ0) is 14.7. The molecule has 1 rings (SSSR count). The first kappa shape index (κ1) is 14.9. The van der Waals surface area contributed by atoms with Crippen molar-refractivity contribution >= 4 is 29.2 Å². The molecule has 0 heterocycles. The number of carbonyl (C=O) groups is 2. The highest BCUT2D eigenvalue weighted by Crippen LogP contribution is 2.37. The average molecular weight is 288 g/mol. The highest BCUT2D eigenvalue weighted by molar-refractivity contribution is 6.32. The van der Waals surface area contributed by atoms with Crippen LogP contribution < -0.4 is 4.74 Å². The van der Waals surface area contributed by atoms with E-state index in [1.54, 1.807) is 6.92 Å². The monoisotopic (exact) mass is 287 g/mol. The number of nitro benzene ring substituents is 1. The van der Waals surface area contributed by atoms with Crippen LogP contribution in [0.3, 0.4) is 0 Å². The summed E-state index contributed by atoms with van der Waals surface area (Å²) >= 11 is 5.88. The molecule has 1 aromatic carbocycles. The lowest BCUT2D eigenvalue weighted by atomic mass is 10.1. The molecular formula is C11H10ClNO6. The maximum absolute atomic E-state index is 11.2. The Kier molecular flexibility index (Phi) is 4.44. The van der Waals surface area contributed by atoms with Gasteiger partial charge in [0.1, 0.15) is 6.42 Å². The third kappa shape index (κ3) is 3.41. The van der Waals surface area contributed by atoms with Crippen LogP contribution in [0.1, 0.15) is 17.5 Å². The van der Waals surface area contributed by atoms with Gasteiger partial charge in [-0.05, 0) is 25.5 Å². The summed E-state index contributed by atoms with van der Waals surface area (Å²) in [4.78, 5) is 31.8. The van der Waals surface area contributed by atoms with Crippen LogP contribution in [-0.4, -0.2) is 22.0 Å². The molecule has 0 aliphatic carbocycles. The highest BCUT2D eigenvalue weighted by atomic mass is 35.5. The normalized spacial score (nSPS) is 10.1. The number of carboxylic acids is 1. The molecule has 0 saturated carbocycles. The first-order chi connectivity index (χ1) is 8.73. The molecule has 0 bridgehead atoms. The number of nitro groups is 1. The van der Waals surface area contributed by atoms with Crippen LogP contribution in [-0.2, 0) is 9.59 Å². The molecular weight excluding hydrogens is 278 g/mol. The maximum Gasteiger partial charge on any atom is 0.322 e. The van der Waals surface area contributed by atoms with E-state index >= 15 is 0 Å². The van der Waals surface area contributed by atoms with E-state index in [1.807, 2.05) is 0 Å². The van der Waals surface area contributed by atoms with Crippen LogP contribution in [0.4, 0.5) is 5.69 Å². The number of carboxylic acid groups (broad SMARTS) is 1. The van der Waals surface area contributed by atoms with Gasteiger partial charge in [-0.15, -0.1) is 0 Å². The number of aryl methyl sites for hydroxylation is 1. The van der Waals surface area contributed by atoms with E-state index in [4.69, 9.17) is 21.4 Å². The van der Waals surface area contributed by atoms with Crippen molar-refractivity contribution in [1.29, 1.82) is 0 Å². The van der Waals surface area contributed by atoms with Gasteiger partial charge in [0.15, 0.2) is 0 Å². The molecule has 1 N–H and O–H groups in total. The Morgan fingerprint density at radius 2 is 2.05 bits per heavy atom. The second-order valence-corrected chi connectivity index (χ2v) is 4.16. The number of carbonyl (C=O) groups excluding carboxylic acids is 1. The van der Waals surface area contributed by atoms with Gasteiger partial charge in [-0.2, -0.15) is 0 Å². The molecule has 0 amide bonds. The summed E-state index contributed by atoms with van der Waals surface area (Å²) in [5, 5.41) is 19.6. The van der Waals surface area contributed by atoms with Crippen LogP contribution in [0.5, 0.6) is 5.75 Å². The molecule has 0 radical (unpaired) electrons. The smallest absolute Gasteiger partial charge is 0.322 e. The molecule has 7 nitrogen and oxygen atoms in total. The summed E-state index contributed by atoms with van der Waals surface area (Å²) < 4.78 is 4.71. The highest BCUT2D eigenvalue weighted by Gasteiger charge is 2.25. The van der Waals surface area contributed by atoms with Crippen molar-refractivity contribution < 1.29 is 24.4 Å². The standard InChI is InChI=1S/C11H10ClNO6/c1-5-3-7(19-9(16)4-8(14)15)11(13(17)18)6(2)10(5)12/h3H,4H2,1-2H3,(H,14,15). The molecule has 8 heteroatoms. The maximum atomic E-state index is 11.2. The van der Waals surface area contributed by atoms with E-state index < -0.39 is 29.0 Å². The Balaban J connectivity index is 3.23. The van der Waals surface area contributed by atoms with Crippen LogP contribution in [0.15, 0.2) is 6.07 Å². The van der Waals surface area contributed by atoms with E-state index in [9.17, 15) is 19.7 Å². The lowest BCUT2D eigenvalue weighted by molar-refractivity contribution is -0.386. The van der Waals surface area contributed by atoms with Crippen molar-refractivity contribution in [3.8, 4) is 5.75 Å². The molecule has 0 fully saturated rings. The summed E-state index contributed by atoms with van der Waals surface area (Å²) in [6, 6.07) is 1.23. The third-order valence-electron chi connectivity index (χ3n) is 2.31. The first-order valence-corrected chi connectivity index (χ1v) is 5.48. The molecule has 102 valence electrons. The van der Waals surface area contributed by atoms with Crippen LogP contribution in [0.2, 0.25) is 5.02 Å². The Bertz CT molecular complexity index is 569. The quantitative estimate of drug-likeness (QED) is 0.299. The molecule has 0 aromatic heterocycles. The second kappa shape index (κ2) is 5.66. The van der Waals surface area contributed by atoms with Gasteiger partial charge in [0.05, 0.1) is 9.95 Å². The number of halogens is 1. The number of ether oxygens (including phenoxy) is 1. The first-order valence-electron chi connectivity index (χ1n) is 5.10. The Morgan fingerprint density at radius 3 is 2.53 bits per heavy atom. The second-order valence-electron chi connectivity index (χ2n) is 3.78. The number of rotatable bonds is 4. The van der Waals surface area contributed by atoms with E-state index in [2.05, 4.69) is 0 Å². The van der Waals surface area contributed by atoms with Crippen molar-refractivity contribution in [3.05, 3.63) is 32.3 Å². The van der Waals surface area contributed by atoms with Gasteiger partial charge < -0.3 is 9.84 Å². The summed E-state index contributed by atoms with van der Waals surface area (Å²) in [6.07, 6.45) is -0.877. The van der Waals surface area contributed by atoms with Crippen LogP contribution in [0.25, 0.3) is 0 Å². The SMILES string of the molecule is Cc1cc(OC(=O)CC(=O)O)c([N+](=O)[O-])c(C)c1Cl. The fourth-order valence-corrected chi connectivity index (χ4v) is 1.64. The number of hydrogen-bond donors (Lipinski definition) is 1. The molecule has 0 saturated heterocycles. The summed E-state index contributed by atoms with van der Waals surface area (Å²) in [5.74, 6) is -2.78. The Hall–Kier alpha value is -2.15. The third-order valence-corrected chi connectivity index (χ3v) is 2.90. The summed E-state index contributed by atoms with van der Waals surface area (Å²) in [5.41, 5.74) is 0.196. The molecule has 19 heavy (non-hydrogen) atoms. The van der Waals surface area contributed by atoms with Crippen molar-refractivity contribution in [2.75, 3.05) is 0 Å². The van der Waals surface area contributed by atoms with E-state index in [0.29, 0.717) is 5.56 Å². The fraction of sp³-hybridized carbons (Fsp3) is 0.273. The van der Waals surface area contributed by atoms with Gasteiger partial charge in [0.25, 0.3) is 0 Å². The molecule has 0 aliphatic rings. The molecule has 1 aromatic rings. The minimum absolute atomic E-state index is 0.157. The van der Waals surface area contributed by atoms with E-state index in [0.717, 1.165) is 0 Å². The molecule has 0 aliphatic heterocycles. The van der Waals surface area contributed by atoms with Crippen molar-refractivity contribution in [2.45, 2.75) is 20.3 Å². The van der Waals surface area contributed by atoms with E-state index in [-0.39, 0.29) is 16.3 Å². The minimum atomic E-state index is -1.38. The van der Waals surface area contributed by atoms with Gasteiger partial charge >= 0.3 is 17.6 Å². The average Bonchev–Trinajstić information content (AvgIpc) is 2.24. The minimum Gasteiger partial charge on any atom is -0.481 e. The number of hydrogen-bond acceptors (Lipinski definition) is 5. The largest absolute Gasteiger partial charge is 0.481 e. The number of esters is 1. The van der Waals surface area contributed by atoms with Crippen LogP contribution in [0, 0.1) is 24.0 Å². The van der Waals surface area contributed by atoms with Gasteiger partial charge in [-0.25, -0.2) is 0 Å². The molecule has 0 atom stereocenters. The van der Waals surface area contributed by atoms with Gasteiger partial charge in [0, 0.05) is 5.56 Å². The topological polar surface area (TPSA) is 107 Å². The van der Waals surface area contributed by atoms with Gasteiger partial charge in [0.2, 0.25) is 5.75 Å². The van der Waals surface area contributed by atoms with Crippen LogP contribution >= 0.6 is 11.6 Å². The fourth-order valence-electron chi connectivity index (χ4n) is 1.50. The van der Waals surface area contributed by atoms with Crippen molar-refractivity contribution in [2.24, 2.45) is 0 Å². The van der Waals surface area contributed by atoms with Crippen molar-refractivity contribution in [3.63, 3.8) is 0 Å². The zero-order valence-corrected chi connectivity index (χ0v) is 10.9. The number of aliphatic carboxylic acids is 1. The zero-order valence-electron chi connectivity index (χ0n) is 10.1. The van der Waals surface area contributed by atoms with E-state index in [1.165, 1.54) is 13.0 Å². The Morgan fingerprint density at radius 1 is 1.47 bits per heavy atom. The predicted octanol–water partition coefficient (Wildman–Crippen LogP) is 2.25. The lowest BCUT2D eigenvalue weighted by Crippen LogP contribution is -2.14. The predicted molar refractivity (Wildman–Crippen MR) is 65.5 cm³/mol. The number of nitrogens with zero attached hydrogens (tertiary/aromatic N) is 1. The van der Waals surface area contributed by atoms with Crippen molar-refractivity contribution in [1.82, 2.24) is 0 Å². The van der Waals surface area contributed by atoms with Gasteiger partial charge in [-0.1, -0.05) is 11.6 Å². The number of benzene rings is 1. The molecule has 0 spiro atoms. The summed E-state index contributed by atoms with van der Waals surface area (Å²) in [6.45, 7) is 3.01. The Labute approximate surface area is 112 Å². The van der Waals surface area contributed by atoms with Gasteiger partial charge in [-0.3, -0.25) is 19.7 Å².